The lowest BCUT2D eigenvalue weighted by molar-refractivity contribution is -0.113. The Morgan fingerprint density at radius 2 is 2.13 bits per heavy atom. The molecule has 0 radical (unpaired) electrons. The molecule has 0 unspecified atom stereocenters. The number of H-pyrrole nitrogens is 1. The topological polar surface area (TPSA) is 104 Å². The Bertz CT molecular complexity index is 1200. The zero-order valence-electron chi connectivity index (χ0n) is 16.8. The second-order valence-electron chi connectivity index (χ2n) is 7.20. The summed E-state index contributed by atoms with van der Waals surface area (Å²) in [5.74, 6) is 0.973. The molecule has 0 atom stereocenters. The average molecular weight is 443 g/mol. The van der Waals surface area contributed by atoms with Gasteiger partial charge in [-0.15, -0.1) is 23.1 Å². The van der Waals surface area contributed by atoms with Crippen molar-refractivity contribution < 1.29 is 9.59 Å². The van der Waals surface area contributed by atoms with E-state index >= 15 is 0 Å². The molecule has 0 spiro atoms. The van der Waals surface area contributed by atoms with Crippen molar-refractivity contribution in [3.05, 3.63) is 55.9 Å². The Labute approximate surface area is 181 Å². The van der Waals surface area contributed by atoms with Crippen LogP contribution in [0.5, 0.6) is 0 Å². The van der Waals surface area contributed by atoms with Crippen LogP contribution in [0.4, 0.5) is 5.69 Å². The van der Waals surface area contributed by atoms with E-state index in [4.69, 9.17) is 0 Å². The summed E-state index contributed by atoms with van der Waals surface area (Å²) < 4.78 is 0. The first-order chi connectivity index (χ1) is 14.5. The third-order valence-corrected chi connectivity index (χ3v) is 7.22. The minimum Gasteiger partial charge on any atom is -0.355 e. The standard InChI is InChI=1S/C21H22N4O3S2/c1-11-8-12(19(27)22-2)6-7-14(11)23-17(26)10-29-9-16-24-20(28)18-13-4-3-5-15(13)30-21(18)25-16/h6-8H,3-5,9-10H2,1-2H3,(H,22,27)(H,23,26)(H,24,25,28). The van der Waals surface area contributed by atoms with Crippen LogP contribution >= 0.6 is 23.1 Å². The summed E-state index contributed by atoms with van der Waals surface area (Å²) in [5, 5.41) is 6.19. The molecule has 30 heavy (non-hydrogen) atoms. The number of aromatic nitrogens is 2. The van der Waals surface area contributed by atoms with Crippen LogP contribution < -0.4 is 16.2 Å². The molecular weight excluding hydrogens is 420 g/mol. The Hall–Kier alpha value is -2.65. The zero-order chi connectivity index (χ0) is 21.3. The van der Waals surface area contributed by atoms with Gasteiger partial charge in [-0.3, -0.25) is 14.4 Å². The van der Waals surface area contributed by atoms with Gasteiger partial charge in [-0.2, -0.15) is 0 Å². The molecule has 2 heterocycles. The summed E-state index contributed by atoms with van der Waals surface area (Å²) in [6, 6.07) is 5.14. The summed E-state index contributed by atoms with van der Waals surface area (Å²) in [4.78, 5) is 46.0. The molecular formula is C21H22N4O3S2. The van der Waals surface area contributed by atoms with Crippen LogP contribution in [0.25, 0.3) is 10.2 Å². The number of anilines is 1. The van der Waals surface area contributed by atoms with Gasteiger partial charge in [0.15, 0.2) is 0 Å². The maximum absolute atomic E-state index is 12.5. The number of fused-ring (bicyclic) bond motifs is 3. The fourth-order valence-corrected chi connectivity index (χ4v) is 5.60. The number of amides is 2. The van der Waals surface area contributed by atoms with Gasteiger partial charge in [-0.1, -0.05) is 0 Å². The van der Waals surface area contributed by atoms with Crippen molar-refractivity contribution in [2.24, 2.45) is 0 Å². The lowest BCUT2D eigenvalue weighted by Gasteiger charge is -2.10. The van der Waals surface area contributed by atoms with Crippen molar-refractivity contribution >= 4 is 50.8 Å². The number of rotatable bonds is 6. The first-order valence-electron chi connectivity index (χ1n) is 9.70. The minimum absolute atomic E-state index is 0.0775. The van der Waals surface area contributed by atoms with Gasteiger partial charge in [0.25, 0.3) is 11.5 Å². The molecule has 2 aromatic heterocycles. The van der Waals surface area contributed by atoms with Gasteiger partial charge in [0.1, 0.15) is 10.7 Å². The molecule has 1 aromatic carbocycles. The maximum atomic E-state index is 12.5. The molecule has 0 bridgehead atoms. The van der Waals surface area contributed by atoms with E-state index in [9.17, 15) is 14.4 Å². The van der Waals surface area contributed by atoms with Crippen molar-refractivity contribution in [2.45, 2.75) is 31.9 Å². The number of hydrogen-bond donors (Lipinski definition) is 3. The monoisotopic (exact) mass is 442 g/mol. The summed E-state index contributed by atoms with van der Waals surface area (Å²) in [5.41, 5.74) is 3.13. The van der Waals surface area contributed by atoms with Crippen LogP contribution in [0, 0.1) is 6.92 Å². The number of nitrogens with zero attached hydrogens (tertiary/aromatic N) is 1. The molecule has 156 valence electrons. The highest BCUT2D eigenvalue weighted by molar-refractivity contribution is 7.99. The Morgan fingerprint density at radius 3 is 2.90 bits per heavy atom. The second-order valence-corrected chi connectivity index (χ2v) is 9.27. The summed E-state index contributed by atoms with van der Waals surface area (Å²) in [6.45, 7) is 1.84. The smallest absolute Gasteiger partial charge is 0.259 e. The van der Waals surface area contributed by atoms with Gasteiger partial charge in [-0.25, -0.2) is 4.98 Å². The van der Waals surface area contributed by atoms with Gasteiger partial charge < -0.3 is 15.6 Å². The van der Waals surface area contributed by atoms with Gasteiger partial charge >= 0.3 is 0 Å². The lowest BCUT2D eigenvalue weighted by atomic mass is 10.1. The maximum Gasteiger partial charge on any atom is 0.259 e. The fourth-order valence-electron chi connectivity index (χ4n) is 3.63. The predicted molar refractivity (Wildman–Crippen MR) is 122 cm³/mol. The molecule has 3 N–H and O–H groups in total. The number of carbonyl (C=O) groups is 2. The van der Waals surface area contributed by atoms with Crippen molar-refractivity contribution in [1.82, 2.24) is 15.3 Å². The van der Waals surface area contributed by atoms with Crippen LogP contribution in [0.3, 0.4) is 0 Å². The lowest BCUT2D eigenvalue weighted by Crippen LogP contribution is -2.19. The van der Waals surface area contributed by atoms with E-state index in [1.165, 1.54) is 22.2 Å². The quantitative estimate of drug-likeness (QED) is 0.544. The number of aromatic amines is 1. The van der Waals surface area contributed by atoms with E-state index in [0.29, 0.717) is 22.8 Å². The summed E-state index contributed by atoms with van der Waals surface area (Å²) in [6.07, 6.45) is 3.10. The van der Waals surface area contributed by atoms with Gasteiger partial charge in [-0.05, 0) is 55.5 Å². The van der Waals surface area contributed by atoms with Gasteiger partial charge in [0, 0.05) is 23.2 Å². The first-order valence-corrected chi connectivity index (χ1v) is 11.7. The second kappa shape index (κ2) is 8.61. The summed E-state index contributed by atoms with van der Waals surface area (Å²) >= 11 is 3.01. The van der Waals surface area contributed by atoms with Crippen molar-refractivity contribution in [3.63, 3.8) is 0 Å². The molecule has 7 nitrogen and oxygen atoms in total. The molecule has 2 amide bonds. The highest BCUT2D eigenvalue weighted by Gasteiger charge is 2.21. The zero-order valence-corrected chi connectivity index (χ0v) is 18.4. The number of aryl methyl sites for hydroxylation is 3. The van der Waals surface area contributed by atoms with Crippen LogP contribution in [0.2, 0.25) is 0 Å². The molecule has 0 fully saturated rings. The third-order valence-electron chi connectivity index (χ3n) is 5.09. The number of carbonyl (C=O) groups excluding carboxylic acids is 2. The van der Waals surface area contributed by atoms with Crippen LogP contribution in [-0.2, 0) is 23.4 Å². The normalized spacial score (nSPS) is 12.7. The molecule has 0 saturated carbocycles. The van der Waals surface area contributed by atoms with E-state index in [-0.39, 0.29) is 23.1 Å². The Balaban J connectivity index is 1.36. The van der Waals surface area contributed by atoms with Crippen LogP contribution in [-0.4, -0.2) is 34.6 Å². The third kappa shape index (κ3) is 4.13. The minimum atomic E-state index is -0.166. The molecule has 1 aliphatic rings. The molecule has 3 aromatic rings. The van der Waals surface area contributed by atoms with E-state index in [0.717, 1.165) is 35.0 Å². The van der Waals surface area contributed by atoms with Crippen LogP contribution in [0.15, 0.2) is 23.0 Å². The van der Waals surface area contributed by atoms with E-state index in [1.54, 1.807) is 36.6 Å². The fraction of sp³-hybridized carbons (Fsp3) is 0.333. The Morgan fingerprint density at radius 1 is 1.30 bits per heavy atom. The van der Waals surface area contributed by atoms with Crippen molar-refractivity contribution in [1.29, 1.82) is 0 Å². The van der Waals surface area contributed by atoms with Gasteiger partial charge in [0.05, 0.1) is 16.9 Å². The highest BCUT2D eigenvalue weighted by Crippen LogP contribution is 2.34. The van der Waals surface area contributed by atoms with E-state index < -0.39 is 0 Å². The molecule has 4 rings (SSSR count). The summed E-state index contributed by atoms with van der Waals surface area (Å²) in [7, 11) is 1.58. The SMILES string of the molecule is CNC(=O)c1ccc(NC(=O)CSCc2nc3sc4c(c3c(=O)[nH]2)CCC4)c(C)c1. The van der Waals surface area contributed by atoms with Crippen molar-refractivity contribution in [2.75, 3.05) is 18.1 Å². The Kier molecular flexibility index (Phi) is 5.92. The highest BCUT2D eigenvalue weighted by atomic mass is 32.2. The largest absolute Gasteiger partial charge is 0.355 e. The van der Waals surface area contributed by atoms with E-state index in [2.05, 4.69) is 20.6 Å². The van der Waals surface area contributed by atoms with Crippen LogP contribution in [0.1, 0.15) is 38.6 Å². The van der Waals surface area contributed by atoms with E-state index in [1.807, 2.05) is 6.92 Å². The molecule has 0 saturated heterocycles. The number of nitrogens with one attached hydrogen (secondary N) is 3. The van der Waals surface area contributed by atoms with Crippen molar-refractivity contribution in [3.8, 4) is 0 Å². The first kappa shape index (κ1) is 20.6. The number of benzene rings is 1. The molecule has 9 heteroatoms. The number of hydrogen-bond acceptors (Lipinski definition) is 6. The predicted octanol–water partition coefficient (Wildman–Crippen LogP) is 3.01. The molecule has 0 aliphatic heterocycles. The van der Waals surface area contributed by atoms with Gasteiger partial charge in [0.2, 0.25) is 5.91 Å². The number of thiophene rings is 1. The number of thioether (sulfide) groups is 1. The average Bonchev–Trinajstić information content (AvgIpc) is 3.29. The molecule has 1 aliphatic carbocycles.